The number of para-hydroxylation sites is 2. The zero-order valence-corrected chi connectivity index (χ0v) is 43.9. The number of hydrogen-bond acceptors (Lipinski definition) is 2. The SMILES string of the molecule is CC(C)c1ccccc1-c1ccc2c(c1)B1c3cc(-c4ccccc4)ccc3N(c3c(-c4ccccc4)cccc3-c3ccccc3)c3cc(C(C)(C)C)cc(c31)N2c1c(-c2ccccc2)cccc1-c1ccccc1. The molecule has 0 aliphatic carbocycles. The van der Waals surface area contributed by atoms with E-state index in [-0.39, 0.29) is 12.1 Å². The van der Waals surface area contributed by atoms with Crippen LogP contribution in [0.2, 0.25) is 0 Å². The van der Waals surface area contributed by atoms with Gasteiger partial charge >= 0.3 is 0 Å². The van der Waals surface area contributed by atoms with Crippen LogP contribution in [0.3, 0.4) is 0 Å². The quantitative estimate of drug-likeness (QED) is 0.133. The Kier molecular flexibility index (Phi) is 11.8. The van der Waals surface area contributed by atoms with Crippen LogP contribution in [0.25, 0.3) is 66.8 Å². The van der Waals surface area contributed by atoms with Crippen LogP contribution < -0.4 is 26.2 Å². The van der Waals surface area contributed by atoms with Crippen LogP contribution in [0.5, 0.6) is 0 Å². The summed E-state index contributed by atoms with van der Waals surface area (Å²) >= 11 is 0. The van der Waals surface area contributed by atoms with Gasteiger partial charge in [-0.05, 0) is 108 Å². The smallest absolute Gasteiger partial charge is 0.252 e. The molecule has 2 aliphatic rings. The fourth-order valence-electron chi connectivity index (χ4n) is 12.1. The van der Waals surface area contributed by atoms with Gasteiger partial charge in [0.15, 0.2) is 0 Å². The van der Waals surface area contributed by atoms with Crippen LogP contribution >= 0.6 is 0 Å². The standard InChI is InChI=1S/C73H59BN2/c1-49(2)58-35-21-22-36-59(58)56-42-44-67-65(46-56)74-64-45-55(50-25-11-6-12-26-50)41-43-66(64)75(71-60(51-27-13-7-14-28-51)37-23-38-61(71)52-29-15-8-16-30-52)68-47-57(73(3,4)5)48-69(70(68)74)76(67)72-62(53-31-17-9-18-32-53)39-24-40-63(72)54-33-19-10-20-34-54/h6-49H,1-5H3. The lowest BCUT2D eigenvalue weighted by Crippen LogP contribution is -2.61. The average Bonchev–Trinajstić information content (AvgIpc) is 3.67. The summed E-state index contributed by atoms with van der Waals surface area (Å²) in [6, 6.07) is 97.4. The van der Waals surface area contributed by atoms with Crippen LogP contribution in [0.4, 0.5) is 34.1 Å². The summed E-state index contributed by atoms with van der Waals surface area (Å²) in [6.07, 6.45) is 0. The third-order valence-electron chi connectivity index (χ3n) is 15.8. The number of nitrogens with zero attached hydrogens (tertiary/aromatic N) is 2. The van der Waals surface area contributed by atoms with Gasteiger partial charge in [0, 0.05) is 45.0 Å². The minimum Gasteiger partial charge on any atom is -0.310 e. The first-order valence-electron chi connectivity index (χ1n) is 26.9. The van der Waals surface area contributed by atoms with Crippen LogP contribution in [0.1, 0.15) is 51.7 Å². The Balaban J connectivity index is 1.22. The molecule has 0 N–H and O–H groups in total. The van der Waals surface area contributed by atoms with Crippen molar-refractivity contribution in [3.05, 3.63) is 272 Å². The Morgan fingerprint density at radius 3 is 1.08 bits per heavy atom. The van der Waals surface area contributed by atoms with E-state index >= 15 is 0 Å². The second-order valence-electron chi connectivity index (χ2n) is 21.8. The van der Waals surface area contributed by atoms with Crippen molar-refractivity contribution in [1.29, 1.82) is 0 Å². The largest absolute Gasteiger partial charge is 0.310 e. The van der Waals surface area contributed by atoms with Crippen LogP contribution in [0.15, 0.2) is 261 Å². The highest BCUT2D eigenvalue weighted by molar-refractivity contribution is 7.00. The Morgan fingerprint density at radius 1 is 0.316 bits per heavy atom. The molecule has 2 nitrogen and oxygen atoms in total. The maximum Gasteiger partial charge on any atom is 0.252 e. The van der Waals surface area contributed by atoms with E-state index in [2.05, 4.69) is 305 Å². The van der Waals surface area contributed by atoms with Crippen molar-refractivity contribution in [3.8, 4) is 66.8 Å². The Hall–Kier alpha value is -8.92. The molecule has 3 heteroatoms. The molecule has 0 spiro atoms. The molecule has 76 heavy (non-hydrogen) atoms. The lowest BCUT2D eigenvalue weighted by atomic mass is 9.33. The molecule has 0 unspecified atom stereocenters. The number of rotatable bonds is 9. The Bertz CT molecular complexity index is 3800. The number of benzene rings is 11. The number of hydrogen-bond donors (Lipinski definition) is 0. The van der Waals surface area contributed by atoms with E-state index < -0.39 is 0 Å². The molecular weight excluding hydrogens is 916 g/mol. The summed E-state index contributed by atoms with van der Waals surface area (Å²) < 4.78 is 0. The predicted octanol–water partition coefficient (Wildman–Crippen LogP) is 18.2. The van der Waals surface area contributed by atoms with Crippen molar-refractivity contribution in [2.24, 2.45) is 0 Å². The highest BCUT2D eigenvalue weighted by atomic mass is 15.2. The molecule has 2 heterocycles. The van der Waals surface area contributed by atoms with E-state index in [9.17, 15) is 0 Å². The van der Waals surface area contributed by atoms with Crippen molar-refractivity contribution >= 4 is 57.2 Å². The van der Waals surface area contributed by atoms with Gasteiger partial charge in [0.2, 0.25) is 0 Å². The van der Waals surface area contributed by atoms with Gasteiger partial charge in [-0.3, -0.25) is 0 Å². The van der Waals surface area contributed by atoms with Gasteiger partial charge < -0.3 is 9.80 Å². The second-order valence-corrected chi connectivity index (χ2v) is 21.8. The Labute approximate surface area is 449 Å². The molecule has 0 saturated heterocycles. The van der Waals surface area contributed by atoms with Crippen LogP contribution in [-0.4, -0.2) is 6.71 Å². The maximum atomic E-state index is 2.66. The molecule has 11 aromatic carbocycles. The van der Waals surface area contributed by atoms with Gasteiger partial charge in [0.25, 0.3) is 6.71 Å². The van der Waals surface area contributed by atoms with Crippen molar-refractivity contribution in [3.63, 3.8) is 0 Å². The maximum absolute atomic E-state index is 2.66. The first-order valence-corrected chi connectivity index (χ1v) is 26.9. The number of fused-ring (bicyclic) bond motifs is 4. The average molecular weight is 975 g/mol. The van der Waals surface area contributed by atoms with Crippen molar-refractivity contribution in [1.82, 2.24) is 0 Å². The molecule has 364 valence electrons. The molecule has 0 amide bonds. The fourth-order valence-corrected chi connectivity index (χ4v) is 12.1. The summed E-state index contributed by atoms with van der Waals surface area (Å²) in [5.74, 6) is 0.346. The molecule has 0 fully saturated rings. The highest BCUT2D eigenvalue weighted by Gasteiger charge is 2.46. The third-order valence-corrected chi connectivity index (χ3v) is 15.8. The highest BCUT2D eigenvalue weighted by Crippen LogP contribution is 2.54. The Morgan fingerprint density at radius 2 is 0.671 bits per heavy atom. The molecule has 13 rings (SSSR count). The fraction of sp³-hybridized carbons (Fsp3) is 0.0959. The van der Waals surface area contributed by atoms with Gasteiger partial charge in [-0.15, -0.1) is 0 Å². The molecular formula is C73H59BN2. The van der Waals surface area contributed by atoms with E-state index in [0.29, 0.717) is 5.92 Å². The molecule has 0 bridgehead atoms. The van der Waals surface area contributed by atoms with E-state index in [1.54, 1.807) is 0 Å². The van der Waals surface area contributed by atoms with E-state index in [1.807, 2.05) is 0 Å². The normalized spacial score (nSPS) is 12.6. The van der Waals surface area contributed by atoms with Crippen molar-refractivity contribution in [2.45, 2.75) is 46.0 Å². The topological polar surface area (TPSA) is 6.48 Å². The molecule has 2 aliphatic heterocycles. The second kappa shape index (κ2) is 19.1. The monoisotopic (exact) mass is 974 g/mol. The summed E-state index contributed by atoms with van der Waals surface area (Å²) in [6.45, 7) is 11.6. The summed E-state index contributed by atoms with van der Waals surface area (Å²) in [4.78, 5) is 5.32. The summed E-state index contributed by atoms with van der Waals surface area (Å²) in [5.41, 5.74) is 27.6. The molecule has 0 atom stereocenters. The molecule has 11 aromatic rings. The van der Waals surface area contributed by atoms with E-state index in [1.165, 1.54) is 117 Å². The minimum atomic E-state index is -0.219. The van der Waals surface area contributed by atoms with E-state index in [4.69, 9.17) is 0 Å². The van der Waals surface area contributed by atoms with Crippen LogP contribution in [0, 0.1) is 0 Å². The van der Waals surface area contributed by atoms with Gasteiger partial charge in [0.05, 0.1) is 11.4 Å². The predicted molar refractivity (Wildman–Crippen MR) is 326 cm³/mol. The first-order chi connectivity index (χ1) is 37.2. The van der Waals surface area contributed by atoms with Gasteiger partial charge in [-0.25, -0.2) is 0 Å². The molecule has 0 saturated carbocycles. The van der Waals surface area contributed by atoms with E-state index in [0.717, 1.165) is 11.4 Å². The molecule has 0 aromatic heterocycles. The zero-order valence-electron chi connectivity index (χ0n) is 43.9. The lowest BCUT2D eigenvalue weighted by molar-refractivity contribution is 0.590. The summed E-state index contributed by atoms with van der Waals surface area (Å²) in [5, 5.41) is 0. The molecule has 0 radical (unpaired) electrons. The van der Waals surface area contributed by atoms with Crippen molar-refractivity contribution in [2.75, 3.05) is 9.80 Å². The minimum absolute atomic E-state index is 0.139. The first kappa shape index (κ1) is 46.8. The zero-order chi connectivity index (χ0) is 51.5. The van der Waals surface area contributed by atoms with Gasteiger partial charge in [0.1, 0.15) is 0 Å². The third kappa shape index (κ3) is 8.06. The number of anilines is 6. The lowest BCUT2D eigenvalue weighted by Gasteiger charge is -2.46. The van der Waals surface area contributed by atoms with Crippen molar-refractivity contribution < 1.29 is 0 Å². The van der Waals surface area contributed by atoms with Crippen LogP contribution in [-0.2, 0) is 5.41 Å². The summed E-state index contributed by atoms with van der Waals surface area (Å²) in [7, 11) is 0. The van der Waals surface area contributed by atoms with Gasteiger partial charge in [-0.2, -0.15) is 0 Å². The van der Waals surface area contributed by atoms with Gasteiger partial charge in [-0.1, -0.05) is 271 Å².